The van der Waals surface area contributed by atoms with E-state index in [4.69, 9.17) is 20.9 Å². The lowest BCUT2D eigenvalue weighted by molar-refractivity contribution is -0.142. The molecule has 3 aromatic rings. The maximum absolute atomic E-state index is 12.0. The molecule has 0 radical (unpaired) electrons. The van der Waals surface area contributed by atoms with Gasteiger partial charge in [0.2, 0.25) is 5.82 Å². The highest BCUT2D eigenvalue weighted by molar-refractivity contribution is 8.00. The van der Waals surface area contributed by atoms with Crippen LogP contribution in [0.5, 0.6) is 0 Å². The summed E-state index contributed by atoms with van der Waals surface area (Å²) in [4.78, 5) is 17.3. The fourth-order valence-corrected chi connectivity index (χ4v) is 4.01. The molecule has 0 aliphatic heterocycles. The Morgan fingerprint density at radius 3 is 2.93 bits per heavy atom. The van der Waals surface area contributed by atoms with Gasteiger partial charge in [0.25, 0.3) is 5.89 Å². The summed E-state index contributed by atoms with van der Waals surface area (Å²) in [5.74, 6) is 0.530. The largest absolute Gasteiger partial charge is 0.455 e. The van der Waals surface area contributed by atoms with E-state index in [2.05, 4.69) is 28.3 Å². The third kappa shape index (κ3) is 4.34. The number of esters is 1. The van der Waals surface area contributed by atoms with Crippen molar-refractivity contribution in [2.45, 2.75) is 30.8 Å². The zero-order valence-electron chi connectivity index (χ0n) is 14.5. The molecule has 138 valence electrons. The minimum Gasteiger partial charge on any atom is -0.455 e. The summed E-state index contributed by atoms with van der Waals surface area (Å²) < 4.78 is 10.4. The van der Waals surface area contributed by atoms with Crippen LogP contribution in [0.4, 0.5) is 0 Å². The number of nitrogens with zero attached hydrogens (tertiary/aromatic N) is 2. The number of hydrogen-bond acceptors (Lipinski definition) is 6. The summed E-state index contributed by atoms with van der Waals surface area (Å²) in [6.45, 7) is -0.0545. The Bertz CT molecular complexity index is 973. The lowest BCUT2D eigenvalue weighted by Gasteiger charge is -2.05. The molecule has 0 unspecified atom stereocenters. The standard InChI is InChI=1S/C20H17ClN2O3S/c21-17-7-2-1-6-16(17)20-22-18(26-23-20)11-25-19(24)12-27-15-9-8-13-4-3-5-14(13)10-15/h1-2,6-10H,3-5,11-12H2. The van der Waals surface area contributed by atoms with Crippen molar-refractivity contribution in [1.82, 2.24) is 10.1 Å². The van der Waals surface area contributed by atoms with E-state index in [0.29, 0.717) is 16.4 Å². The summed E-state index contributed by atoms with van der Waals surface area (Å²) in [5, 5.41) is 4.42. The number of fused-ring (bicyclic) bond motifs is 1. The molecule has 0 N–H and O–H groups in total. The Labute approximate surface area is 166 Å². The van der Waals surface area contributed by atoms with Crippen molar-refractivity contribution in [3.05, 3.63) is 64.5 Å². The third-order valence-corrected chi connectivity index (χ3v) is 5.66. The van der Waals surface area contributed by atoms with Crippen molar-refractivity contribution in [3.8, 4) is 11.4 Å². The molecular weight excluding hydrogens is 384 g/mol. The minimum atomic E-state index is -0.321. The van der Waals surface area contributed by atoms with Crippen LogP contribution < -0.4 is 0 Å². The van der Waals surface area contributed by atoms with Gasteiger partial charge in [-0.05, 0) is 54.7 Å². The third-order valence-electron chi connectivity index (χ3n) is 4.37. The van der Waals surface area contributed by atoms with Crippen LogP contribution in [0.3, 0.4) is 0 Å². The van der Waals surface area contributed by atoms with Crippen LogP contribution >= 0.6 is 23.4 Å². The zero-order valence-corrected chi connectivity index (χ0v) is 16.1. The van der Waals surface area contributed by atoms with Gasteiger partial charge in [-0.3, -0.25) is 4.79 Å². The average Bonchev–Trinajstić information content (AvgIpc) is 3.34. The van der Waals surface area contributed by atoms with E-state index in [1.165, 1.54) is 29.3 Å². The lowest BCUT2D eigenvalue weighted by Crippen LogP contribution is -2.07. The maximum atomic E-state index is 12.0. The van der Waals surface area contributed by atoms with Gasteiger partial charge >= 0.3 is 5.97 Å². The monoisotopic (exact) mass is 400 g/mol. The molecule has 1 heterocycles. The second-order valence-electron chi connectivity index (χ2n) is 6.22. The number of aromatic nitrogens is 2. The number of thioether (sulfide) groups is 1. The molecule has 0 amide bonds. The molecule has 0 saturated heterocycles. The predicted molar refractivity (Wildman–Crippen MR) is 104 cm³/mol. The fraction of sp³-hybridized carbons (Fsp3) is 0.250. The number of ether oxygens (including phenoxy) is 1. The molecule has 27 heavy (non-hydrogen) atoms. The summed E-state index contributed by atoms with van der Waals surface area (Å²) in [6.07, 6.45) is 3.49. The minimum absolute atomic E-state index is 0.0545. The smallest absolute Gasteiger partial charge is 0.316 e. The Hall–Kier alpha value is -2.31. The molecule has 0 atom stereocenters. The lowest BCUT2D eigenvalue weighted by atomic mass is 10.1. The van der Waals surface area contributed by atoms with Gasteiger partial charge in [-0.25, -0.2) is 0 Å². The van der Waals surface area contributed by atoms with E-state index in [1.54, 1.807) is 12.1 Å². The Morgan fingerprint density at radius 1 is 1.19 bits per heavy atom. The van der Waals surface area contributed by atoms with Crippen molar-refractivity contribution in [3.63, 3.8) is 0 Å². The van der Waals surface area contributed by atoms with Gasteiger partial charge in [0.15, 0.2) is 6.61 Å². The Kier molecular flexibility index (Phi) is 5.45. The first-order valence-electron chi connectivity index (χ1n) is 8.67. The van der Waals surface area contributed by atoms with Gasteiger partial charge in [-0.2, -0.15) is 4.98 Å². The molecule has 7 heteroatoms. The number of carbonyl (C=O) groups excluding carboxylic acids is 1. The second-order valence-corrected chi connectivity index (χ2v) is 7.68. The van der Waals surface area contributed by atoms with Crippen LogP contribution in [0.15, 0.2) is 51.9 Å². The van der Waals surface area contributed by atoms with Crippen LogP contribution in [-0.2, 0) is 29.0 Å². The molecule has 1 aliphatic rings. The van der Waals surface area contributed by atoms with Crippen LogP contribution in [0.25, 0.3) is 11.4 Å². The topological polar surface area (TPSA) is 65.2 Å². The van der Waals surface area contributed by atoms with Crippen molar-refractivity contribution in [2.24, 2.45) is 0 Å². The van der Waals surface area contributed by atoms with E-state index < -0.39 is 0 Å². The van der Waals surface area contributed by atoms with E-state index in [1.807, 2.05) is 12.1 Å². The first-order chi connectivity index (χ1) is 13.2. The summed E-state index contributed by atoms with van der Waals surface area (Å²) >= 11 is 7.60. The van der Waals surface area contributed by atoms with Crippen LogP contribution in [0.1, 0.15) is 23.4 Å². The Balaban J connectivity index is 1.29. The second kappa shape index (κ2) is 8.15. The number of carbonyl (C=O) groups is 1. The molecule has 1 aliphatic carbocycles. The molecule has 4 rings (SSSR count). The van der Waals surface area contributed by atoms with Crippen molar-refractivity contribution in [1.29, 1.82) is 0 Å². The fourth-order valence-electron chi connectivity index (χ4n) is 3.03. The summed E-state index contributed by atoms with van der Waals surface area (Å²) in [7, 11) is 0. The highest BCUT2D eigenvalue weighted by atomic mass is 35.5. The first-order valence-corrected chi connectivity index (χ1v) is 10.0. The number of hydrogen-bond donors (Lipinski definition) is 0. The van der Waals surface area contributed by atoms with Crippen LogP contribution in [-0.4, -0.2) is 21.9 Å². The average molecular weight is 401 g/mol. The normalized spacial score (nSPS) is 12.8. The van der Waals surface area contributed by atoms with Gasteiger partial charge in [-0.15, -0.1) is 11.8 Å². The van der Waals surface area contributed by atoms with E-state index in [-0.39, 0.29) is 24.2 Å². The number of aryl methyl sites for hydroxylation is 2. The quantitative estimate of drug-likeness (QED) is 0.441. The van der Waals surface area contributed by atoms with Gasteiger partial charge in [0, 0.05) is 10.5 Å². The number of halogens is 1. The molecule has 1 aromatic heterocycles. The zero-order chi connectivity index (χ0) is 18.6. The number of benzene rings is 2. The van der Waals surface area contributed by atoms with Crippen LogP contribution in [0, 0.1) is 0 Å². The molecule has 0 fully saturated rings. The van der Waals surface area contributed by atoms with E-state index in [9.17, 15) is 4.79 Å². The highest BCUT2D eigenvalue weighted by Crippen LogP contribution is 2.28. The van der Waals surface area contributed by atoms with E-state index >= 15 is 0 Å². The van der Waals surface area contributed by atoms with Gasteiger partial charge < -0.3 is 9.26 Å². The van der Waals surface area contributed by atoms with Gasteiger partial charge in [-0.1, -0.05) is 35.0 Å². The highest BCUT2D eigenvalue weighted by Gasteiger charge is 2.14. The SMILES string of the molecule is O=C(CSc1ccc2c(c1)CCC2)OCc1nc(-c2ccccc2Cl)no1. The molecule has 0 spiro atoms. The summed E-state index contributed by atoms with van der Waals surface area (Å²) in [6, 6.07) is 13.6. The Morgan fingerprint density at radius 2 is 2.04 bits per heavy atom. The molecule has 0 bridgehead atoms. The molecular formula is C20H17ClN2O3S. The van der Waals surface area contributed by atoms with Gasteiger partial charge in [0.1, 0.15) is 0 Å². The predicted octanol–water partition coefficient (Wildman–Crippen LogP) is 4.71. The van der Waals surface area contributed by atoms with Gasteiger partial charge in [0.05, 0.1) is 10.8 Å². The maximum Gasteiger partial charge on any atom is 0.316 e. The molecule has 5 nitrogen and oxygen atoms in total. The van der Waals surface area contributed by atoms with E-state index in [0.717, 1.165) is 17.7 Å². The number of rotatable bonds is 6. The van der Waals surface area contributed by atoms with Crippen molar-refractivity contribution >= 4 is 29.3 Å². The van der Waals surface area contributed by atoms with Crippen LogP contribution in [0.2, 0.25) is 5.02 Å². The van der Waals surface area contributed by atoms with Crippen molar-refractivity contribution < 1.29 is 14.1 Å². The van der Waals surface area contributed by atoms with Crippen molar-refractivity contribution in [2.75, 3.05) is 5.75 Å². The summed E-state index contributed by atoms with van der Waals surface area (Å²) in [5.41, 5.74) is 3.49. The molecule has 2 aromatic carbocycles. The first kappa shape index (κ1) is 18.1. The molecule has 0 saturated carbocycles.